The van der Waals surface area contributed by atoms with E-state index in [0.717, 1.165) is 5.56 Å². The van der Waals surface area contributed by atoms with Crippen molar-refractivity contribution in [2.45, 2.75) is 26.7 Å². The van der Waals surface area contributed by atoms with Crippen LogP contribution in [0.5, 0.6) is 0 Å². The van der Waals surface area contributed by atoms with Crippen molar-refractivity contribution in [3.8, 4) is 11.3 Å². The fourth-order valence-corrected chi connectivity index (χ4v) is 3.55. The molecule has 0 fully saturated rings. The number of hydrazone groups is 1. The lowest BCUT2D eigenvalue weighted by molar-refractivity contribution is -0.255. The molecule has 1 aliphatic rings. The smallest absolute Gasteiger partial charge is 0.280 e. The molecule has 0 saturated carbocycles. The zero-order valence-electron chi connectivity index (χ0n) is 17.8. The molecule has 1 amide bonds. The van der Waals surface area contributed by atoms with Crippen molar-refractivity contribution in [3.63, 3.8) is 0 Å². The lowest BCUT2D eigenvalue weighted by Crippen LogP contribution is -2.24. The summed E-state index contributed by atoms with van der Waals surface area (Å²) < 4.78 is 19.1. The fraction of sp³-hybridized carbons (Fsp3) is 0.160. The van der Waals surface area contributed by atoms with Crippen LogP contribution in [0.1, 0.15) is 48.4 Å². The Morgan fingerprint density at radius 1 is 1.12 bits per heavy atom. The van der Waals surface area contributed by atoms with Crippen molar-refractivity contribution in [3.05, 3.63) is 82.9 Å². The summed E-state index contributed by atoms with van der Waals surface area (Å²) >= 11 is 0. The van der Waals surface area contributed by atoms with E-state index in [0.29, 0.717) is 34.1 Å². The van der Waals surface area contributed by atoms with Crippen LogP contribution in [0.25, 0.3) is 17.4 Å². The van der Waals surface area contributed by atoms with E-state index in [2.05, 4.69) is 5.10 Å². The summed E-state index contributed by atoms with van der Waals surface area (Å²) in [4.78, 5) is 24.2. The molecular formula is C25H20FN2O4-. The molecule has 0 aliphatic carbocycles. The van der Waals surface area contributed by atoms with E-state index < -0.39 is 11.8 Å². The Hall–Kier alpha value is -4.00. The summed E-state index contributed by atoms with van der Waals surface area (Å²) in [5, 5.41) is 16.9. The van der Waals surface area contributed by atoms with Crippen LogP contribution in [0, 0.1) is 5.82 Å². The Labute approximate surface area is 184 Å². The molecule has 32 heavy (non-hydrogen) atoms. The van der Waals surface area contributed by atoms with E-state index in [-0.39, 0.29) is 17.4 Å². The van der Waals surface area contributed by atoms with Gasteiger partial charge in [-0.05, 0) is 66.9 Å². The zero-order chi connectivity index (χ0) is 23.0. The molecule has 1 aromatic heterocycles. The van der Waals surface area contributed by atoms with Gasteiger partial charge >= 0.3 is 0 Å². The summed E-state index contributed by atoms with van der Waals surface area (Å²) in [6.45, 7) is 5.53. The summed E-state index contributed by atoms with van der Waals surface area (Å²) in [7, 11) is 0. The van der Waals surface area contributed by atoms with Gasteiger partial charge in [-0.3, -0.25) is 4.79 Å². The molecule has 0 atom stereocenters. The van der Waals surface area contributed by atoms with Crippen molar-refractivity contribution >= 4 is 29.4 Å². The van der Waals surface area contributed by atoms with Crippen LogP contribution in [0.2, 0.25) is 0 Å². The van der Waals surface area contributed by atoms with Crippen molar-refractivity contribution < 1.29 is 23.5 Å². The molecule has 1 aliphatic heterocycles. The Morgan fingerprint density at radius 3 is 2.50 bits per heavy atom. The Bertz CT molecular complexity index is 1270. The van der Waals surface area contributed by atoms with Crippen molar-refractivity contribution in [1.82, 2.24) is 0 Å². The van der Waals surface area contributed by atoms with Gasteiger partial charge in [-0.1, -0.05) is 26.0 Å². The van der Waals surface area contributed by atoms with E-state index in [1.165, 1.54) is 35.3 Å². The zero-order valence-corrected chi connectivity index (χ0v) is 17.8. The number of aromatic carboxylic acids is 1. The predicted octanol–water partition coefficient (Wildman–Crippen LogP) is 4.38. The Balaban J connectivity index is 1.63. The minimum absolute atomic E-state index is 0.00758. The average Bonchev–Trinajstić information content (AvgIpc) is 3.34. The van der Waals surface area contributed by atoms with Crippen LogP contribution in [0.3, 0.4) is 0 Å². The first kappa shape index (κ1) is 21.2. The number of carbonyl (C=O) groups excluding carboxylic acids is 2. The molecule has 4 rings (SSSR count). The van der Waals surface area contributed by atoms with Crippen LogP contribution in [-0.4, -0.2) is 17.6 Å². The van der Waals surface area contributed by atoms with Crippen LogP contribution in [0.4, 0.5) is 10.1 Å². The summed E-state index contributed by atoms with van der Waals surface area (Å²) in [6, 6.07) is 13.9. The number of amides is 1. The first-order chi connectivity index (χ1) is 15.2. The second-order valence-corrected chi connectivity index (χ2v) is 7.78. The maximum atomic E-state index is 13.2. The first-order valence-corrected chi connectivity index (χ1v) is 10.1. The van der Waals surface area contributed by atoms with E-state index >= 15 is 0 Å². The summed E-state index contributed by atoms with van der Waals surface area (Å²) in [5.41, 5.74) is 2.88. The predicted molar refractivity (Wildman–Crippen MR) is 118 cm³/mol. The molecule has 0 bridgehead atoms. The molecule has 162 valence electrons. The number of benzene rings is 2. The van der Waals surface area contributed by atoms with E-state index in [4.69, 9.17) is 4.42 Å². The third-order valence-corrected chi connectivity index (χ3v) is 5.23. The number of carboxylic acids is 1. The van der Waals surface area contributed by atoms with Gasteiger partial charge in [-0.2, -0.15) is 10.1 Å². The van der Waals surface area contributed by atoms with Gasteiger partial charge in [-0.25, -0.2) is 4.39 Å². The van der Waals surface area contributed by atoms with Crippen LogP contribution < -0.4 is 10.1 Å². The number of furan rings is 1. The van der Waals surface area contributed by atoms with Gasteiger partial charge in [0.1, 0.15) is 17.3 Å². The van der Waals surface area contributed by atoms with Crippen molar-refractivity contribution in [1.29, 1.82) is 0 Å². The molecule has 2 aromatic carbocycles. The van der Waals surface area contributed by atoms with E-state index in [1.54, 1.807) is 37.3 Å². The quantitative estimate of drug-likeness (QED) is 0.561. The number of hydrogen-bond donors (Lipinski definition) is 0. The van der Waals surface area contributed by atoms with Crippen LogP contribution in [-0.2, 0) is 4.79 Å². The number of carbonyl (C=O) groups is 2. The van der Waals surface area contributed by atoms with Crippen molar-refractivity contribution in [2.24, 2.45) is 5.10 Å². The van der Waals surface area contributed by atoms with Crippen LogP contribution >= 0.6 is 0 Å². The number of anilines is 1. The molecule has 3 aromatic rings. The minimum atomic E-state index is -1.22. The SMILES string of the molecule is CC1=NN(c2ccc(F)cc2)C(=O)/C1=C/c1ccc(-c2ccc(C(=O)[O-])c(C(C)C)c2)o1. The highest BCUT2D eigenvalue weighted by Crippen LogP contribution is 2.30. The Morgan fingerprint density at radius 2 is 1.84 bits per heavy atom. The molecule has 0 saturated heterocycles. The van der Waals surface area contributed by atoms with Gasteiger partial charge in [0.15, 0.2) is 0 Å². The third-order valence-electron chi connectivity index (χ3n) is 5.23. The summed E-state index contributed by atoms with van der Waals surface area (Å²) in [6.07, 6.45) is 1.60. The summed E-state index contributed by atoms with van der Waals surface area (Å²) in [5.74, 6) is -0.967. The molecule has 2 heterocycles. The number of hydrogen-bond acceptors (Lipinski definition) is 5. The van der Waals surface area contributed by atoms with Gasteiger partial charge in [-0.15, -0.1) is 0 Å². The normalized spacial score (nSPS) is 15.0. The first-order valence-electron chi connectivity index (χ1n) is 10.1. The van der Waals surface area contributed by atoms with Gasteiger partial charge in [0, 0.05) is 11.1 Å². The molecule has 7 heteroatoms. The highest BCUT2D eigenvalue weighted by molar-refractivity contribution is 6.32. The van der Waals surface area contributed by atoms with Gasteiger partial charge in [0.05, 0.1) is 22.9 Å². The second-order valence-electron chi connectivity index (χ2n) is 7.78. The number of rotatable bonds is 5. The van der Waals surface area contributed by atoms with Gasteiger partial charge in [0.2, 0.25) is 0 Å². The lowest BCUT2D eigenvalue weighted by atomic mass is 9.94. The monoisotopic (exact) mass is 431 g/mol. The minimum Gasteiger partial charge on any atom is -0.545 e. The van der Waals surface area contributed by atoms with Crippen LogP contribution in [0.15, 0.2) is 69.7 Å². The van der Waals surface area contributed by atoms with Crippen molar-refractivity contribution in [2.75, 3.05) is 5.01 Å². The lowest BCUT2D eigenvalue weighted by Gasteiger charge is -2.14. The number of halogens is 1. The maximum Gasteiger partial charge on any atom is 0.280 e. The third kappa shape index (κ3) is 3.97. The molecule has 0 spiro atoms. The van der Waals surface area contributed by atoms with E-state index in [9.17, 15) is 19.1 Å². The molecule has 6 nitrogen and oxygen atoms in total. The average molecular weight is 431 g/mol. The molecular weight excluding hydrogens is 411 g/mol. The maximum absolute atomic E-state index is 13.2. The fourth-order valence-electron chi connectivity index (χ4n) is 3.55. The second kappa shape index (κ2) is 8.26. The number of carboxylic acid groups (broad SMARTS) is 1. The largest absolute Gasteiger partial charge is 0.545 e. The Kier molecular flexibility index (Phi) is 5.48. The molecule has 0 N–H and O–H groups in total. The highest BCUT2D eigenvalue weighted by Gasteiger charge is 2.29. The standard InChI is InChI=1S/C25H21FN2O4/c1-14(2)21-12-16(4-10-20(21)25(30)31)23-11-9-19(32-23)13-22-15(3)27-28(24(22)29)18-7-5-17(26)6-8-18/h4-14H,1-3H3,(H,30,31)/p-1/b22-13+. The molecule has 0 radical (unpaired) electrons. The topological polar surface area (TPSA) is 85.9 Å². The highest BCUT2D eigenvalue weighted by atomic mass is 19.1. The van der Waals surface area contributed by atoms with Gasteiger partial charge in [0.25, 0.3) is 5.91 Å². The van der Waals surface area contributed by atoms with E-state index in [1.807, 2.05) is 13.8 Å². The molecule has 0 unspecified atom stereocenters. The number of nitrogens with zero attached hydrogens (tertiary/aromatic N) is 2. The van der Waals surface area contributed by atoms with Gasteiger partial charge < -0.3 is 14.3 Å².